The van der Waals surface area contributed by atoms with Crippen LogP contribution < -0.4 is 10.2 Å². The monoisotopic (exact) mass is 423 g/mol. The Hall–Kier alpha value is -2.68. The van der Waals surface area contributed by atoms with Gasteiger partial charge in [-0.05, 0) is 31.4 Å². The minimum absolute atomic E-state index is 0.282. The van der Waals surface area contributed by atoms with Crippen LogP contribution >= 0.6 is 0 Å². The lowest BCUT2D eigenvalue weighted by molar-refractivity contribution is -0.121. The van der Waals surface area contributed by atoms with Crippen LogP contribution in [0.3, 0.4) is 0 Å². The predicted molar refractivity (Wildman–Crippen MR) is 127 cm³/mol. The standard InChI is InChI=1S/C25H37N5O/c1-4-7-10-13-16-27-25(31)20(19-26)23-24(30(17-8-5-2)18-9-6-3)29-22-15-12-11-14-21(22)28-23/h11-12,14-15,20H,4-10,13,16-18H2,1-3H3,(H,27,31)/t20-/m1/s1. The molecule has 0 unspecified atom stereocenters. The first-order chi connectivity index (χ1) is 15.2. The average Bonchev–Trinajstić information content (AvgIpc) is 2.79. The summed E-state index contributed by atoms with van der Waals surface area (Å²) in [5.41, 5.74) is 1.97. The van der Waals surface area contributed by atoms with E-state index in [1.54, 1.807) is 0 Å². The lowest BCUT2D eigenvalue weighted by Crippen LogP contribution is -2.33. The van der Waals surface area contributed by atoms with Crippen LogP contribution in [0.1, 0.15) is 83.7 Å². The minimum atomic E-state index is -0.968. The number of carbonyl (C=O) groups is 1. The number of unbranched alkanes of at least 4 members (excludes halogenated alkanes) is 5. The molecule has 1 aromatic carbocycles. The van der Waals surface area contributed by atoms with Gasteiger partial charge in [0.2, 0.25) is 5.91 Å². The molecule has 0 aliphatic rings. The molecule has 2 aromatic rings. The van der Waals surface area contributed by atoms with Crippen molar-refractivity contribution in [2.24, 2.45) is 0 Å². The number of para-hydroxylation sites is 2. The number of hydrogen-bond acceptors (Lipinski definition) is 5. The number of nitrogens with zero attached hydrogens (tertiary/aromatic N) is 4. The first-order valence-corrected chi connectivity index (χ1v) is 11.8. The molecular formula is C25H37N5O. The summed E-state index contributed by atoms with van der Waals surface area (Å²) in [4.78, 5) is 24.8. The molecule has 1 N–H and O–H groups in total. The predicted octanol–water partition coefficient (Wildman–Crippen LogP) is 5.34. The molecule has 0 aliphatic carbocycles. The van der Waals surface area contributed by atoms with E-state index in [9.17, 15) is 10.1 Å². The molecule has 168 valence electrons. The topological polar surface area (TPSA) is 81.9 Å². The molecule has 6 heteroatoms. The lowest BCUT2D eigenvalue weighted by atomic mass is 10.0. The molecule has 0 saturated heterocycles. The van der Waals surface area contributed by atoms with Gasteiger partial charge in [0, 0.05) is 19.6 Å². The molecule has 6 nitrogen and oxygen atoms in total. The van der Waals surface area contributed by atoms with E-state index in [2.05, 4.69) is 37.1 Å². The second kappa shape index (κ2) is 13.6. The molecule has 31 heavy (non-hydrogen) atoms. The summed E-state index contributed by atoms with van der Waals surface area (Å²) in [5.74, 6) is -0.576. The van der Waals surface area contributed by atoms with Crippen LogP contribution in [0.5, 0.6) is 0 Å². The first-order valence-electron chi connectivity index (χ1n) is 11.8. The fourth-order valence-corrected chi connectivity index (χ4v) is 3.56. The fraction of sp³-hybridized carbons (Fsp3) is 0.600. The summed E-state index contributed by atoms with van der Waals surface area (Å²) in [7, 11) is 0. The molecule has 0 bridgehead atoms. The highest BCUT2D eigenvalue weighted by Crippen LogP contribution is 2.28. The van der Waals surface area contributed by atoms with Crippen molar-refractivity contribution < 1.29 is 4.79 Å². The van der Waals surface area contributed by atoms with Gasteiger partial charge < -0.3 is 10.2 Å². The van der Waals surface area contributed by atoms with E-state index >= 15 is 0 Å². The maximum Gasteiger partial charge on any atom is 0.243 e. The van der Waals surface area contributed by atoms with Crippen LogP contribution in [0.2, 0.25) is 0 Å². The third-order valence-electron chi connectivity index (χ3n) is 5.44. The number of amides is 1. The molecule has 1 atom stereocenters. The van der Waals surface area contributed by atoms with E-state index in [1.165, 1.54) is 0 Å². The third kappa shape index (κ3) is 7.20. The normalized spacial score (nSPS) is 11.8. The van der Waals surface area contributed by atoms with Crippen molar-refractivity contribution in [3.8, 4) is 6.07 Å². The zero-order chi connectivity index (χ0) is 22.5. The van der Waals surface area contributed by atoms with Crippen molar-refractivity contribution in [1.29, 1.82) is 5.26 Å². The van der Waals surface area contributed by atoms with Crippen LogP contribution in [0, 0.1) is 11.3 Å². The van der Waals surface area contributed by atoms with Crippen molar-refractivity contribution in [3.05, 3.63) is 30.0 Å². The zero-order valence-electron chi connectivity index (χ0n) is 19.4. The Morgan fingerprint density at radius 1 is 0.968 bits per heavy atom. The molecule has 1 heterocycles. The summed E-state index contributed by atoms with van der Waals surface area (Å²) in [6.07, 6.45) is 8.50. The SMILES string of the molecule is CCCCCCNC(=O)[C@H](C#N)c1nc2ccccc2nc1N(CCCC)CCCC. The Balaban J connectivity index is 2.38. The largest absolute Gasteiger partial charge is 0.355 e. The second-order valence-corrected chi connectivity index (χ2v) is 8.03. The highest BCUT2D eigenvalue weighted by atomic mass is 16.1. The maximum absolute atomic E-state index is 12.9. The van der Waals surface area contributed by atoms with Gasteiger partial charge in [0.05, 0.1) is 17.1 Å². The number of rotatable bonds is 14. The van der Waals surface area contributed by atoms with E-state index < -0.39 is 5.92 Å². The van der Waals surface area contributed by atoms with Gasteiger partial charge in [0.1, 0.15) is 5.69 Å². The first kappa shape index (κ1) is 24.6. The molecule has 0 aliphatic heterocycles. The van der Waals surface area contributed by atoms with Gasteiger partial charge in [-0.1, -0.05) is 65.0 Å². The quantitative estimate of drug-likeness (QED) is 0.415. The molecule has 0 fully saturated rings. The van der Waals surface area contributed by atoms with Gasteiger partial charge in [0.15, 0.2) is 11.7 Å². The van der Waals surface area contributed by atoms with Crippen LogP contribution in [-0.2, 0) is 4.79 Å². The molecular weight excluding hydrogens is 386 g/mol. The number of hydrogen-bond donors (Lipinski definition) is 1. The van der Waals surface area contributed by atoms with E-state index in [4.69, 9.17) is 9.97 Å². The van der Waals surface area contributed by atoms with Crippen LogP contribution in [-0.4, -0.2) is 35.5 Å². The van der Waals surface area contributed by atoms with Crippen molar-refractivity contribution in [3.63, 3.8) is 0 Å². The van der Waals surface area contributed by atoms with Gasteiger partial charge in [-0.15, -0.1) is 0 Å². The molecule has 0 saturated carbocycles. The van der Waals surface area contributed by atoms with Gasteiger partial charge >= 0.3 is 0 Å². The highest BCUT2D eigenvalue weighted by Gasteiger charge is 2.28. The lowest BCUT2D eigenvalue weighted by Gasteiger charge is -2.26. The molecule has 0 radical (unpaired) electrons. The number of anilines is 1. The Labute approximate surface area is 187 Å². The Kier molecular flexibility index (Phi) is 10.8. The van der Waals surface area contributed by atoms with E-state index in [1.807, 2.05) is 24.3 Å². The summed E-state index contributed by atoms with van der Waals surface area (Å²) in [6.45, 7) is 8.75. The maximum atomic E-state index is 12.9. The number of fused-ring (bicyclic) bond motifs is 1. The van der Waals surface area contributed by atoms with Crippen molar-refractivity contribution >= 4 is 22.8 Å². The number of nitriles is 1. The third-order valence-corrected chi connectivity index (χ3v) is 5.44. The average molecular weight is 424 g/mol. The van der Waals surface area contributed by atoms with Crippen molar-refractivity contribution in [2.75, 3.05) is 24.5 Å². The summed E-state index contributed by atoms with van der Waals surface area (Å²) < 4.78 is 0. The van der Waals surface area contributed by atoms with Gasteiger partial charge in [-0.3, -0.25) is 4.79 Å². The highest BCUT2D eigenvalue weighted by molar-refractivity contribution is 5.88. The van der Waals surface area contributed by atoms with Crippen LogP contribution in [0.4, 0.5) is 5.82 Å². The Morgan fingerprint density at radius 2 is 1.58 bits per heavy atom. The molecule has 0 spiro atoms. The van der Waals surface area contributed by atoms with E-state index in [-0.39, 0.29) is 5.91 Å². The van der Waals surface area contributed by atoms with Crippen LogP contribution in [0.25, 0.3) is 11.0 Å². The number of aromatic nitrogens is 2. The fourth-order valence-electron chi connectivity index (χ4n) is 3.56. The number of carbonyl (C=O) groups excluding carboxylic acids is 1. The zero-order valence-corrected chi connectivity index (χ0v) is 19.4. The van der Waals surface area contributed by atoms with E-state index in [0.717, 1.165) is 70.0 Å². The second-order valence-electron chi connectivity index (χ2n) is 8.03. The summed E-state index contributed by atoms with van der Waals surface area (Å²) in [6, 6.07) is 9.86. The van der Waals surface area contributed by atoms with Crippen LogP contribution in [0.15, 0.2) is 24.3 Å². The molecule has 1 aromatic heterocycles. The van der Waals surface area contributed by atoms with Gasteiger partial charge in [-0.25, -0.2) is 9.97 Å². The van der Waals surface area contributed by atoms with Gasteiger partial charge in [-0.2, -0.15) is 5.26 Å². The van der Waals surface area contributed by atoms with Gasteiger partial charge in [0.25, 0.3) is 0 Å². The summed E-state index contributed by atoms with van der Waals surface area (Å²) >= 11 is 0. The Bertz CT molecular complexity index is 853. The number of nitrogens with one attached hydrogen (secondary N) is 1. The van der Waals surface area contributed by atoms with Crippen molar-refractivity contribution in [1.82, 2.24) is 15.3 Å². The smallest absolute Gasteiger partial charge is 0.243 e. The van der Waals surface area contributed by atoms with E-state index in [0.29, 0.717) is 23.6 Å². The summed E-state index contributed by atoms with van der Waals surface area (Å²) in [5, 5.41) is 12.9. The molecule has 2 rings (SSSR count). The number of benzene rings is 1. The molecule has 1 amide bonds. The minimum Gasteiger partial charge on any atom is -0.355 e. The Morgan fingerprint density at radius 3 is 2.16 bits per heavy atom. The van der Waals surface area contributed by atoms with Crippen molar-refractivity contribution in [2.45, 2.75) is 78.1 Å².